The third-order valence-corrected chi connectivity index (χ3v) is 5.16. The first-order valence-corrected chi connectivity index (χ1v) is 10.6. The van der Waals surface area contributed by atoms with Gasteiger partial charge in [-0.05, 0) is 12.1 Å². The fourth-order valence-corrected chi connectivity index (χ4v) is 3.62. The molecular formula is C17H18FN4O7P. The monoisotopic (exact) mass is 440 g/mol. The van der Waals surface area contributed by atoms with Crippen molar-refractivity contribution in [2.24, 2.45) is 0 Å². The van der Waals surface area contributed by atoms with Crippen LogP contribution in [0.3, 0.4) is 0 Å². The molecule has 30 heavy (non-hydrogen) atoms. The molecule has 1 fully saturated rings. The quantitative estimate of drug-likeness (QED) is 0.395. The van der Waals surface area contributed by atoms with Crippen LogP contribution in [0.15, 0.2) is 36.9 Å². The molecule has 3 aromatic rings. The van der Waals surface area contributed by atoms with Gasteiger partial charge in [0, 0.05) is 5.56 Å². The van der Waals surface area contributed by atoms with Crippen LogP contribution in [0.25, 0.3) is 22.4 Å². The van der Waals surface area contributed by atoms with Crippen LogP contribution in [0.2, 0.25) is 0 Å². The van der Waals surface area contributed by atoms with Crippen molar-refractivity contribution in [3.8, 4) is 11.3 Å². The molecule has 0 bridgehead atoms. The normalized spacial score (nSPS) is 24.6. The van der Waals surface area contributed by atoms with E-state index >= 15 is 0 Å². The zero-order valence-corrected chi connectivity index (χ0v) is 16.2. The Hall–Kier alpha value is -2.31. The molecule has 2 aromatic heterocycles. The molecule has 11 nitrogen and oxygen atoms in total. The Morgan fingerprint density at radius 2 is 1.93 bits per heavy atom. The molecule has 1 aromatic carbocycles. The predicted molar refractivity (Wildman–Crippen MR) is 99.5 cm³/mol. The number of aliphatic hydroxyl groups is 2. The fraction of sp³-hybridized carbons (Fsp3) is 0.353. The standard InChI is InChI=1S/C17H18FN4O7P/c18-10-4-2-1-3-9(10)12-13-16(20-6-19-12)22(7-21-13)17-15(24)14(23)11(29-17)5-28-8-30(25,26)27/h1-4,6-7,11,14-15,17,23-24H,5,8H2,(H2,25,26,27)/t11?,14-,15-,17-/m1/s1. The zero-order chi connectivity index (χ0) is 21.5. The smallest absolute Gasteiger partial charge is 0.350 e. The third-order valence-electron chi connectivity index (χ3n) is 4.64. The minimum atomic E-state index is -4.38. The van der Waals surface area contributed by atoms with Crippen molar-refractivity contribution >= 4 is 18.8 Å². The summed E-state index contributed by atoms with van der Waals surface area (Å²) in [4.78, 5) is 30.2. The molecule has 0 aliphatic carbocycles. The van der Waals surface area contributed by atoms with Crippen molar-refractivity contribution in [2.75, 3.05) is 13.0 Å². The topological polar surface area (TPSA) is 160 Å². The minimum Gasteiger partial charge on any atom is -0.387 e. The summed E-state index contributed by atoms with van der Waals surface area (Å²) in [5.74, 6) is -0.484. The highest BCUT2D eigenvalue weighted by molar-refractivity contribution is 7.51. The van der Waals surface area contributed by atoms with Crippen molar-refractivity contribution in [1.29, 1.82) is 0 Å². The predicted octanol–water partition coefficient (Wildman–Crippen LogP) is 0.403. The largest absolute Gasteiger partial charge is 0.387 e. The highest BCUT2D eigenvalue weighted by Gasteiger charge is 2.44. The number of imidazole rings is 1. The van der Waals surface area contributed by atoms with E-state index in [1.54, 1.807) is 18.2 Å². The van der Waals surface area contributed by atoms with Crippen LogP contribution in [0, 0.1) is 5.82 Å². The van der Waals surface area contributed by atoms with Crippen molar-refractivity contribution in [1.82, 2.24) is 19.5 Å². The summed E-state index contributed by atoms with van der Waals surface area (Å²) in [6, 6.07) is 6.05. The number of benzene rings is 1. The number of aromatic nitrogens is 4. The molecule has 4 atom stereocenters. The Balaban J connectivity index is 1.62. The SMILES string of the molecule is O=P(O)(O)COCC1O[C@@H](n2cnc3c(-c4ccccc4F)ncnc32)[C@H](O)[C@@H]1O. The maximum Gasteiger partial charge on any atom is 0.350 e. The average molecular weight is 440 g/mol. The molecule has 0 amide bonds. The molecule has 1 aliphatic rings. The van der Waals surface area contributed by atoms with Gasteiger partial charge in [-0.25, -0.2) is 19.3 Å². The van der Waals surface area contributed by atoms with Gasteiger partial charge in [-0.15, -0.1) is 0 Å². The first-order chi connectivity index (χ1) is 14.3. The van der Waals surface area contributed by atoms with E-state index in [1.807, 2.05) is 0 Å². The van der Waals surface area contributed by atoms with Crippen LogP contribution in [-0.2, 0) is 14.0 Å². The number of hydrogen-bond acceptors (Lipinski definition) is 8. The van der Waals surface area contributed by atoms with Gasteiger partial charge in [0.2, 0.25) is 0 Å². The zero-order valence-electron chi connectivity index (χ0n) is 15.3. The van der Waals surface area contributed by atoms with E-state index in [0.29, 0.717) is 0 Å². The van der Waals surface area contributed by atoms with E-state index in [9.17, 15) is 19.2 Å². The number of nitrogens with zero attached hydrogens (tertiary/aromatic N) is 4. The van der Waals surface area contributed by atoms with Crippen LogP contribution < -0.4 is 0 Å². The number of rotatable bonds is 6. The Labute approximate surface area is 168 Å². The Bertz CT molecular complexity index is 1110. The molecular weight excluding hydrogens is 422 g/mol. The highest BCUT2D eigenvalue weighted by atomic mass is 31.2. The lowest BCUT2D eigenvalue weighted by molar-refractivity contribution is -0.0612. The van der Waals surface area contributed by atoms with Gasteiger partial charge in [0.1, 0.15) is 48.0 Å². The van der Waals surface area contributed by atoms with Crippen LogP contribution in [-0.4, -0.2) is 70.8 Å². The van der Waals surface area contributed by atoms with Gasteiger partial charge in [0.15, 0.2) is 11.9 Å². The maximum atomic E-state index is 14.2. The molecule has 13 heteroatoms. The van der Waals surface area contributed by atoms with Gasteiger partial charge < -0.3 is 29.5 Å². The summed E-state index contributed by atoms with van der Waals surface area (Å²) >= 11 is 0. The first kappa shape index (κ1) is 20.9. The van der Waals surface area contributed by atoms with Crippen molar-refractivity contribution in [3.05, 3.63) is 42.7 Å². The number of hydrogen-bond donors (Lipinski definition) is 4. The lowest BCUT2D eigenvalue weighted by Crippen LogP contribution is -2.33. The molecule has 4 N–H and O–H groups in total. The molecule has 1 unspecified atom stereocenters. The summed E-state index contributed by atoms with van der Waals surface area (Å²) in [5.41, 5.74) is 1.00. The number of ether oxygens (including phenoxy) is 2. The Morgan fingerprint density at radius 1 is 1.17 bits per heavy atom. The molecule has 0 radical (unpaired) electrons. The van der Waals surface area contributed by atoms with Gasteiger partial charge in [0.25, 0.3) is 0 Å². The second kappa shape index (κ2) is 8.08. The van der Waals surface area contributed by atoms with Crippen LogP contribution in [0.1, 0.15) is 6.23 Å². The van der Waals surface area contributed by atoms with E-state index in [-0.39, 0.29) is 29.0 Å². The van der Waals surface area contributed by atoms with E-state index < -0.39 is 44.3 Å². The molecule has 4 rings (SSSR count). The third kappa shape index (κ3) is 3.98. The van der Waals surface area contributed by atoms with E-state index in [1.165, 1.54) is 23.3 Å². The number of aliphatic hydroxyl groups excluding tert-OH is 2. The Kier molecular flexibility index (Phi) is 5.64. The molecule has 1 saturated heterocycles. The molecule has 160 valence electrons. The molecule has 3 heterocycles. The van der Waals surface area contributed by atoms with E-state index in [4.69, 9.17) is 19.3 Å². The van der Waals surface area contributed by atoms with Gasteiger partial charge in [-0.3, -0.25) is 9.13 Å². The van der Waals surface area contributed by atoms with Crippen LogP contribution >= 0.6 is 7.60 Å². The lowest BCUT2D eigenvalue weighted by Gasteiger charge is -2.16. The van der Waals surface area contributed by atoms with Gasteiger partial charge in [0.05, 0.1) is 12.9 Å². The molecule has 0 saturated carbocycles. The molecule has 1 aliphatic heterocycles. The second-order valence-electron chi connectivity index (χ2n) is 6.74. The highest BCUT2D eigenvalue weighted by Crippen LogP contribution is 2.36. The van der Waals surface area contributed by atoms with E-state index in [0.717, 1.165) is 0 Å². The summed E-state index contributed by atoms with van der Waals surface area (Å²) < 4.78 is 37.0. The van der Waals surface area contributed by atoms with Crippen molar-refractivity contribution in [3.63, 3.8) is 0 Å². The summed E-state index contributed by atoms with van der Waals surface area (Å²) in [5, 5.41) is 20.6. The summed E-state index contributed by atoms with van der Waals surface area (Å²) in [6.45, 7) is -0.345. The van der Waals surface area contributed by atoms with Crippen LogP contribution in [0.5, 0.6) is 0 Å². The van der Waals surface area contributed by atoms with Crippen molar-refractivity contribution < 1.29 is 38.4 Å². The maximum absolute atomic E-state index is 14.2. The summed E-state index contributed by atoms with van der Waals surface area (Å²) in [6.07, 6.45) is -3.20. The van der Waals surface area contributed by atoms with Gasteiger partial charge >= 0.3 is 7.60 Å². The summed E-state index contributed by atoms with van der Waals surface area (Å²) in [7, 11) is -4.38. The molecule has 0 spiro atoms. The van der Waals surface area contributed by atoms with Gasteiger partial charge in [-0.1, -0.05) is 12.1 Å². The van der Waals surface area contributed by atoms with Crippen LogP contribution in [0.4, 0.5) is 4.39 Å². The van der Waals surface area contributed by atoms with E-state index in [2.05, 4.69) is 15.0 Å². The van der Waals surface area contributed by atoms with Gasteiger partial charge in [-0.2, -0.15) is 0 Å². The second-order valence-corrected chi connectivity index (χ2v) is 8.32. The van der Waals surface area contributed by atoms with Crippen molar-refractivity contribution in [2.45, 2.75) is 24.5 Å². The first-order valence-electron chi connectivity index (χ1n) is 8.82. The fourth-order valence-electron chi connectivity index (χ4n) is 3.27. The average Bonchev–Trinajstić information content (AvgIpc) is 3.24. The number of fused-ring (bicyclic) bond motifs is 1. The minimum absolute atomic E-state index is 0.229. The lowest BCUT2D eigenvalue weighted by atomic mass is 10.1. The number of halogens is 1. The Morgan fingerprint density at radius 3 is 2.67 bits per heavy atom.